The molecule has 0 radical (unpaired) electrons. The third-order valence-electron chi connectivity index (χ3n) is 4.66. The highest BCUT2D eigenvalue weighted by Gasteiger charge is 2.19. The van der Waals surface area contributed by atoms with Crippen molar-refractivity contribution in [1.82, 2.24) is 25.1 Å². The molecule has 1 unspecified atom stereocenters. The van der Waals surface area contributed by atoms with Crippen LogP contribution in [0.4, 0.5) is 0 Å². The van der Waals surface area contributed by atoms with Crippen LogP contribution < -0.4 is 5.32 Å². The van der Waals surface area contributed by atoms with E-state index in [1.165, 1.54) is 0 Å². The Morgan fingerprint density at radius 1 is 1.38 bits per heavy atom. The summed E-state index contributed by atoms with van der Waals surface area (Å²) in [7, 11) is 0. The van der Waals surface area contributed by atoms with E-state index in [0.717, 1.165) is 23.4 Å². The molecule has 1 amide bonds. The molecule has 7 nitrogen and oxygen atoms in total. The lowest BCUT2D eigenvalue weighted by molar-refractivity contribution is 0.0674. The summed E-state index contributed by atoms with van der Waals surface area (Å²) in [5.74, 6) is 0.268. The van der Waals surface area contributed by atoms with Crippen LogP contribution in [0.5, 0.6) is 0 Å². The van der Waals surface area contributed by atoms with Crippen LogP contribution in [-0.2, 0) is 0 Å². The van der Waals surface area contributed by atoms with Crippen LogP contribution in [0, 0.1) is 6.92 Å². The summed E-state index contributed by atoms with van der Waals surface area (Å²) in [5, 5.41) is 19.2. The van der Waals surface area contributed by atoms with Gasteiger partial charge in [0, 0.05) is 12.2 Å². The van der Waals surface area contributed by atoms with Crippen molar-refractivity contribution in [3.8, 4) is 16.5 Å². The Balaban J connectivity index is 1.69. The molecule has 3 aromatic rings. The first-order chi connectivity index (χ1) is 13.7. The maximum atomic E-state index is 12.7. The van der Waals surface area contributed by atoms with E-state index in [1.807, 2.05) is 37.4 Å². The van der Waals surface area contributed by atoms with Crippen molar-refractivity contribution in [3.63, 3.8) is 0 Å². The second-order valence-electron chi connectivity index (χ2n) is 7.85. The van der Waals surface area contributed by atoms with Crippen molar-refractivity contribution in [2.45, 2.75) is 58.6 Å². The molecule has 0 aliphatic heterocycles. The zero-order valence-corrected chi connectivity index (χ0v) is 18.0. The van der Waals surface area contributed by atoms with Crippen molar-refractivity contribution < 1.29 is 9.90 Å². The zero-order chi connectivity index (χ0) is 21.0. The standard InChI is InChI=1S/C21H27N5O2S/c1-14(7-5-10-21(3,4)28)24-19(27)16-13-23-26(15(16)2)20-22-11-9-17(25-20)18-8-6-12-29-18/h6,8-9,11-14,28H,5,7,10H2,1-4H3,(H,24,27). The Hall–Kier alpha value is -2.58. The Morgan fingerprint density at radius 2 is 2.17 bits per heavy atom. The normalized spacial score (nSPS) is 12.7. The van der Waals surface area contributed by atoms with Gasteiger partial charge in [-0.25, -0.2) is 14.6 Å². The van der Waals surface area contributed by atoms with Crippen LogP contribution >= 0.6 is 11.3 Å². The summed E-state index contributed by atoms with van der Waals surface area (Å²) in [6.45, 7) is 7.39. The first kappa shape index (κ1) is 21.1. The number of aromatic nitrogens is 4. The van der Waals surface area contributed by atoms with Crippen LogP contribution in [0.15, 0.2) is 36.0 Å². The number of amides is 1. The summed E-state index contributed by atoms with van der Waals surface area (Å²) < 4.78 is 1.59. The fraction of sp³-hybridized carbons (Fsp3) is 0.429. The summed E-state index contributed by atoms with van der Waals surface area (Å²) in [6.07, 6.45) is 5.59. The van der Waals surface area contributed by atoms with Gasteiger partial charge < -0.3 is 10.4 Å². The molecule has 0 saturated carbocycles. The maximum Gasteiger partial charge on any atom is 0.254 e. The monoisotopic (exact) mass is 413 g/mol. The Morgan fingerprint density at radius 3 is 2.86 bits per heavy atom. The predicted molar refractivity (Wildman–Crippen MR) is 114 cm³/mol. The van der Waals surface area contributed by atoms with Gasteiger partial charge in [0.25, 0.3) is 11.9 Å². The maximum absolute atomic E-state index is 12.7. The highest BCUT2D eigenvalue weighted by Crippen LogP contribution is 2.23. The number of nitrogens with zero attached hydrogens (tertiary/aromatic N) is 4. The molecule has 8 heteroatoms. The van der Waals surface area contributed by atoms with E-state index in [2.05, 4.69) is 20.4 Å². The van der Waals surface area contributed by atoms with Gasteiger partial charge in [-0.2, -0.15) is 5.10 Å². The summed E-state index contributed by atoms with van der Waals surface area (Å²) in [6, 6.07) is 5.85. The Bertz CT molecular complexity index is 960. The van der Waals surface area contributed by atoms with Crippen molar-refractivity contribution in [1.29, 1.82) is 0 Å². The van der Waals surface area contributed by atoms with E-state index in [1.54, 1.807) is 42.3 Å². The molecule has 1 atom stereocenters. The number of hydrogen-bond donors (Lipinski definition) is 2. The van der Waals surface area contributed by atoms with Crippen LogP contribution in [0.25, 0.3) is 16.5 Å². The number of nitrogens with one attached hydrogen (secondary N) is 1. The average molecular weight is 414 g/mol. The van der Waals surface area contributed by atoms with Gasteiger partial charge in [-0.05, 0) is 64.5 Å². The summed E-state index contributed by atoms with van der Waals surface area (Å²) >= 11 is 1.61. The number of aliphatic hydroxyl groups is 1. The largest absolute Gasteiger partial charge is 0.390 e. The lowest BCUT2D eigenvalue weighted by atomic mass is 9.99. The smallest absolute Gasteiger partial charge is 0.254 e. The third kappa shape index (κ3) is 5.48. The molecule has 0 aromatic carbocycles. The number of thiophene rings is 1. The predicted octanol–water partition coefficient (Wildman–Crippen LogP) is 3.76. The molecular formula is C21H27N5O2S. The minimum Gasteiger partial charge on any atom is -0.390 e. The van der Waals surface area contributed by atoms with E-state index in [-0.39, 0.29) is 11.9 Å². The number of rotatable bonds is 8. The van der Waals surface area contributed by atoms with E-state index < -0.39 is 5.60 Å². The van der Waals surface area contributed by atoms with E-state index in [9.17, 15) is 9.90 Å². The van der Waals surface area contributed by atoms with Crippen molar-refractivity contribution in [3.05, 3.63) is 47.2 Å². The first-order valence-corrected chi connectivity index (χ1v) is 10.6. The fourth-order valence-corrected chi connectivity index (χ4v) is 3.76. The van der Waals surface area contributed by atoms with Crippen molar-refractivity contribution in [2.75, 3.05) is 0 Å². The second-order valence-corrected chi connectivity index (χ2v) is 8.80. The molecule has 154 valence electrons. The molecule has 3 rings (SSSR count). The summed E-state index contributed by atoms with van der Waals surface area (Å²) in [5.41, 5.74) is 1.34. The fourth-order valence-electron chi connectivity index (χ4n) is 3.06. The minimum absolute atomic E-state index is 0.00556. The molecule has 0 aliphatic rings. The number of carbonyl (C=O) groups is 1. The number of hydrogen-bond acceptors (Lipinski definition) is 6. The molecule has 0 fully saturated rings. The lowest BCUT2D eigenvalue weighted by Gasteiger charge is -2.19. The van der Waals surface area contributed by atoms with Crippen LogP contribution in [0.1, 0.15) is 56.1 Å². The van der Waals surface area contributed by atoms with Gasteiger partial charge in [-0.1, -0.05) is 6.07 Å². The zero-order valence-electron chi connectivity index (χ0n) is 17.2. The average Bonchev–Trinajstić information content (AvgIpc) is 3.30. The van der Waals surface area contributed by atoms with Crippen LogP contribution in [0.3, 0.4) is 0 Å². The van der Waals surface area contributed by atoms with E-state index in [4.69, 9.17) is 0 Å². The number of carbonyl (C=O) groups excluding carboxylic acids is 1. The van der Waals surface area contributed by atoms with E-state index >= 15 is 0 Å². The molecular weight excluding hydrogens is 386 g/mol. The van der Waals surface area contributed by atoms with Gasteiger partial charge in [-0.3, -0.25) is 4.79 Å². The molecule has 0 bridgehead atoms. The van der Waals surface area contributed by atoms with Gasteiger partial charge in [-0.15, -0.1) is 11.3 Å². The lowest BCUT2D eigenvalue weighted by Crippen LogP contribution is -2.33. The van der Waals surface area contributed by atoms with E-state index in [0.29, 0.717) is 23.6 Å². The van der Waals surface area contributed by atoms with Crippen molar-refractivity contribution in [2.24, 2.45) is 0 Å². The Labute approximate surface area is 174 Å². The molecule has 3 aromatic heterocycles. The van der Waals surface area contributed by atoms with Gasteiger partial charge in [0.15, 0.2) is 0 Å². The molecule has 0 aliphatic carbocycles. The minimum atomic E-state index is -0.681. The third-order valence-corrected chi connectivity index (χ3v) is 5.56. The molecule has 2 N–H and O–H groups in total. The van der Waals surface area contributed by atoms with Gasteiger partial charge in [0.05, 0.1) is 33.6 Å². The summed E-state index contributed by atoms with van der Waals surface area (Å²) in [4.78, 5) is 22.6. The van der Waals surface area contributed by atoms with Crippen LogP contribution in [-0.4, -0.2) is 42.4 Å². The molecule has 29 heavy (non-hydrogen) atoms. The SMILES string of the molecule is Cc1c(C(=O)NC(C)CCCC(C)(C)O)cnn1-c1nccc(-c2cccs2)n1. The molecule has 0 spiro atoms. The molecule has 0 saturated heterocycles. The van der Waals surface area contributed by atoms with Gasteiger partial charge >= 0.3 is 0 Å². The second kappa shape index (κ2) is 8.84. The highest BCUT2D eigenvalue weighted by molar-refractivity contribution is 7.13. The first-order valence-electron chi connectivity index (χ1n) is 9.70. The quantitative estimate of drug-likeness (QED) is 0.586. The van der Waals surface area contributed by atoms with Gasteiger partial charge in [0.1, 0.15) is 0 Å². The van der Waals surface area contributed by atoms with Crippen LogP contribution in [0.2, 0.25) is 0 Å². The van der Waals surface area contributed by atoms with Crippen molar-refractivity contribution >= 4 is 17.2 Å². The Kier molecular flexibility index (Phi) is 6.44. The highest BCUT2D eigenvalue weighted by atomic mass is 32.1. The molecule has 3 heterocycles. The topological polar surface area (TPSA) is 92.9 Å². The van der Waals surface area contributed by atoms with Gasteiger partial charge in [0.2, 0.25) is 0 Å².